The SMILES string of the molecule is Cc1nn(Cc2cn(C)nn2)c(C)c1CCNCC(C)C. The van der Waals surface area contributed by atoms with Gasteiger partial charge in [0.25, 0.3) is 0 Å². The summed E-state index contributed by atoms with van der Waals surface area (Å²) in [5.41, 5.74) is 4.62. The molecule has 0 aliphatic rings. The molecular weight excluding hydrogens is 264 g/mol. The highest BCUT2D eigenvalue weighted by atomic mass is 15.4. The molecule has 2 aromatic heterocycles. The zero-order chi connectivity index (χ0) is 15.4. The second-order valence-corrected chi connectivity index (χ2v) is 6.04. The van der Waals surface area contributed by atoms with E-state index in [1.807, 2.05) is 17.9 Å². The van der Waals surface area contributed by atoms with Gasteiger partial charge in [-0.3, -0.25) is 9.36 Å². The molecule has 0 atom stereocenters. The first kappa shape index (κ1) is 15.7. The number of aromatic nitrogens is 5. The topological polar surface area (TPSA) is 60.6 Å². The van der Waals surface area contributed by atoms with Crippen LogP contribution in [0.15, 0.2) is 6.20 Å². The molecule has 116 valence electrons. The molecule has 1 N–H and O–H groups in total. The summed E-state index contributed by atoms with van der Waals surface area (Å²) in [7, 11) is 1.88. The van der Waals surface area contributed by atoms with Crippen molar-refractivity contribution in [1.29, 1.82) is 0 Å². The molecule has 6 heteroatoms. The number of aryl methyl sites for hydroxylation is 2. The van der Waals surface area contributed by atoms with Gasteiger partial charge in [0.2, 0.25) is 0 Å². The van der Waals surface area contributed by atoms with Gasteiger partial charge in [-0.2, -0.15) is 5.10 Å². The van der Waals surface area contributed by atoms with E-state index in [0.29, 0.717) is 12.5 Å². The molecule has 0 unspecified atom stereocenters. The molecular formula is C15H26N6. The fourth-order valence-electron chi connectivity index (χ4n) is 2.48. The van der Waals surface area contributed by atoms with Crippen LogP contribution in [0.3, 0.4) is 0 Å². The third kappa shape index (κ3) is 4.14. The molecule has 0 aromatic carbocycles. The first-order chi connectivity index (χ1) is 9.97. The maximum absolute atomic E-state index is 4.64. The molecule has 0 aliphatic carbocycles. The molecule has 21 heavy (non-hydrogen) atoms. The molecule has 0 bridgehead atoms. The van der Waals surface area contributed by atoms with E-state index >= 15 is 0 Å². The van der Waals surface area contributed by atoms with E-state index in [9.17, 15) is 0 Å². The van der Waals surface area contributed by atoms with Gasteiger partial charge in [0.15, 0.2) is 0 Å². The Hall–Kier alpha value is -1.69. The van der Waals surface area contributed by atoms with Gasteiger partial charge in [0.05, 0.1) is 12.2 Å². The summed E-state index contributed by atoms with van der Waals surface area (Å²) in [4.78, 5) is 0. The maximum Gasteiger partial charge on any atom is 0.104 e. The van der Waals surface area contributed by atoms with Gasteiger partial charge in [-0.25, -0.2) is 0 Å². The monoisotopic (exact) mass is 290 g/mol. The molecule has 2 heterocycles. The van der Waals surface area contributed by atoms with Crippen LogP contribution in [-0.2, 0) is 20.0 Å². The molecule has 0 aliphatic heterocycles. The third-order valence-corrected chi connectivity index (χ3v) is 3.60. The molecule has 2 rings (SSSR count). The summed E-state index contributed by atoms with van der Waals surface area (Å²) in [6, 6.07) is 0. The average molecular weight is 290 g/mol. The first-order valence-corrected chi connectivity index (χ1v) is 7.56. The predicted molar refractivity (Wildman–Crippen MR) is 83.2 cm³/mol. The van der Waals surface area contributed by atoms with E-state index in [4.69, 9.17) is 0 Å². The normalized spacial score (nSPS) is 11.5. The summed E-state index contributed by atoms with van der Waals surface area (Å²) in [5, 5.41) is 16.2. The van der Waals surface area contributed by atoms with Crippen LogP contribution in [0.2, 0.25) is 0 Å². The summed E-state index contributed by atoms with van der Waals surface area (Å²) < 4.78 is 3.74. The van der Waals surface area contributed by atoms with Gasteiger partial charge in [-0.1, -0.05) is 19.1 Å². The smallest absolute Gasteiger partial charge is 0.104 e. The van der Waals surface area contributed by atoms with Crippen molar-refractivity contribution < 1.29 is 0 Å². The fourth-order valence-corrected chi connectivity index (χ4v) is 2.48. The highest BCUT2D eigenvalue weighted by molar-refractivity contribution is 5.25. The van der Waals surface area contributed by atoms with Crippen molar-refractivity contribution in [2.75, 3.05) is 13.1 Å². The Morgan fingerprint density at radius 3 is 2.67 bits per heavy atom. The van der Waals surface area contributed by atoms with Crippen molar-refractivity contribution in [3.63, 3.8) is 0 Å². The largest absolute Gasteiger partial charge is 0.316 e. The Bertz CT molecular complexity index is 581. The molecule has 0 saturated carbocycles. The lowest BCUT2D eigenvalue weighted by atomic mass is 10.1. The van der Waals surface area contributed by atoms with Gasteiger partial charge in [-0.05, 0) is 44.8 Å². The number of hydrogen-bond acceptors (Lipinski definition) is 4. The molecule has 0 radical (unpaired) electrons. The number of rotatable bonds is 7. The van der Waals surface area contributed by atoms with E-state index < -0.39 is 0 Å². The van der Waals surface area contributed by atoms with Gasteiger partial charge in [-0.15, -0.1) is 5.10 Å². The van der Waals surface area contributed by atoms with Gasteiger partial charge >= 0.3 is 0 Å². The fraction of sp³-hybridized carbons (Fsp3) is 0.667. The van der Waals surface area contributed by atoms with E-state index in [-0.39, 0.29) is 0 Å². The van der Waals surface area contributed by atoms with E-state index in [0.717, 1.165) is 30.9 Å². The number of nitrogens with one attached hydrogen (secondary N) is 1. The molecule has 2 aromatic rings. The average Bonchev–Trinajstić information content (AvgIpc) is 2.92. The highest BCUT2D eigenvalue weighted by Gasteiger charge is 2.12. The standard InChI is InChI=1S/C15H26N6/c1-11(2)8-16-7-6-15-12(3)18-21(13(15)4)10-14-9-20(5)19-17-14/h9,11,16H,6-8,10H2,1-5H3. The molecule has 0 amide bonds. The van der Waals surface area contributed by atoms with Crippen LogP contribution in [0.5, 0.6) is 0 Å². The van der Waals surface area contributed by atoms with E-state index in [2.05, 4.69) is 48.4 Å². The lowest BCUT2D eigenvalue weighted by Gasteiger charge is -2.08. The van der Waals surface area contributed by atoms with Crippen LogP contribution in [0.4, 0.5) is 0 Å². The van der Waals surface area contributed by atoms with Crippen molar-refractivity contribution in [1.82, 2.24) is 30.1 Å². The van der Waals surface area contributed by atoms with Crippen LogP contribution in [-0.4, -0.2) is 37.9 Å². The zero-order valence-corrected chi connectivity index (χ0v) is 13.7. The lowest BCUT2D eigenvalue weighted by molar-refractivity contribution is 0.553. The number of hydrogen-bond donors (Lipinski definition) is 1. The quantitative estimate of drug-likeness (QED) is 0.784. The second kappa shape index (κ2) is 6.85. The maximum atomic E-state index is 4.64. The predicted octanol–water partition coefficient (Wildman–Crippen LogP) is 1.46. The Morgan fingerprint density at radius 2 is 2.05 bits per heavy atom. The second-order valence-electron chi connectivity index (χ2n) is 6.04. The summed E-state index contributed by atoms with van der Waals surface area (Å²) in [6.45, 7) is 11.4. The van der Waals surface area contributed by atoms with Crippen molar-refractivity contribution in [2.24, 2.45) is 13.0 Å². The Labute approximate surface area is 126 Å². The summed E-state index contributed by atoms with van der Waals surface area (Å²) in [5.74, 6) is 0.687. The van der Waals surface area contributed by atoms with Crippen LogP contribution >= 0.6 is 0 Å². The minimum Gasteiger partial charge on any atom is -0.316 e. The zero-order valence-electron chi connectivity index (χ0n) is 13.7. The molecule has 0 fully saturated rings. The van der Waals surface area contributed by atoms with Crippen molar-refractivity contribution in [3.05, 3.63) is 28.8 Å². The molecule has 0 saturated heterocycles. The van der Waals surface area contributed by atoms with Crippen LogP contribution in [0.25, 0.3) is 0 Å². The first-order valence-electron chi connectivity index (χ1n) is 7.56. The molecule has 0 spiro atoms. The Kier molecular flexibility index (Phi) is 5.12. The Morgan fingerprint density at radius 1 is 1.29 bits per heavy atom. The van der Waals surface area contributed by atoms with Crippen molar-refractivity contribution >= 4 is 0 Å². The minimum absolute atomic E-state index is 0.680. The molecule has 6 nitrogen and oxygen atoms in total. The van der Waals surface area contributed by atoms with Gasteiger partial charge < -0.3 is 5.32 Å². The highest BCUT2D eigenvalue weighted by Crippen LogP contribution is 2.14. The lowest BCUT2D eigenvalue weighted by Crippen LogP contribution is -2.22. The van der Waals surface area contributed by atoms with Crippen LogP contribution < -0.4 is 5.32 Å². The summed E-state index contributed by atoms with van der Waals surface area (Å²) in [6.07, 6.45) is 2.95. The van der Waals surface area contributed by atoms with Gasteiger partial charge in [0.1, 0.15) is 5.69 Å². The van der Waals surface area contributed by atoms with E-state index in [1.54, 1.807) is 4.68 Å². The van der Waals surface area contributed by atoms with Crippen LogP contribution in [0, 0.1) is 19.8 Å². The Balaban J connectivity index is 2.00. The van der Waals surface area contributed by atoms with Crippen LogP contribution in [0.1, 0.15) is 36.5 Å². The van der Waals surface area contributed by atoms with Gasteiger partial charge in [0, 0.05) is 18.9 Å². The number of nitrogens with zero attached hydrogens (tertiary/aromatic N) is 5. The minimum atomic E-state index is 0.680. The van der Waals surface area contributed by atoms with Crippen molar-refractivity contribution in [3.8, 4) is 0 Å². The third-order valence-electron chi connectivity index (χ3n) is 3.60. The van der Waals surface area contributed by atoms with Crippen molar-refractivity contribution in [2.45, 2.75) is 40.7 Å². The van der Waals surface area contributed by atoms with E-state index in [1.165, 1.54) is 11.3 Å². The summed E-state index contributed by atoms with van der Waals surface area (Å²) >= 11 is 0.